The molecule has 2 N–H and O–H groups in total. The summed E-state index contributed by atoms with van der Waals surface area (Å²) in [5.74, 6) is 0.991. The molecule has 0 saturated heterocycles. The third kappa shape index (κ3) is 8.53. The average Bonchev–Trinajstić information content (AvgIpc) is 2.93. The molecule has 4 heteroatoms. The van der Waals surface area contributed by atoms with Crippen molar-refractivity contribution in [3.63, 3.8) is 0 Å². The number of rotatable bonds is 10. The van der Waals surface area contributed by atoms with Gasteiger partial charge in [-0.3, -0.25) is 9.98 Å². The van der Waals surface area contributed by atoms with Crippen LogP contribution in [0.15, 0.2) is 71.2 Å². The number of hydrogen-bond acceptors (Lipinski definition) is 4. The van der Waals surface area contributed by atoms with Crippen LogP contribution in [0.25, 0.3) is 5.57 Å². The first-order valence-corrected chi connectivity index (χ1v) is 13.5. The topological polar surface area (TPSA) is 60.0 Å². The van der Waals surface area contributed by atoms with Crippen molar-refractivity contribution in [3.8, 4) is 5.75 Å². The summed E-state index contributed by atoms with van der Waals surface area (Å²) in [6.45, 7) is 17.8. The van der Waals surface area contributed by atoms with Gasteiger partial charge in [0.25, 0.3) is 0 Å². The number of methoxy groups -OCH3 is 1. The zero-order valence-corrected chi connectivity index (χ0v) is 24.4. The molecule has 0 aromatic heterocycles. The molecule has 0 radical (unpaired) electrons. The smallest absolute Gasteiger partial charge is 0.122 e. The van der Waals surface area contributed by atoms with Crippen molar-refractivity contribution >= 4 is 23.2 Å². The standard InChI is InChI=1S/C25H33N3.C9H12O/c1-7-9-21-11-10-20(15-26)13-24(21)19(6)28-16-22-14-25(27-8-2)18(5)12-23(22)17(3)4;1-3-8-6-4-5-7-9(8)10-2/h8,10-14H,3,7,9,15-16,26H2,1-2,4-6H3;4-7H,3H2,1-2H3. The van der Waals surface area contributed by atoms with E-state index in [1.54, 1.807) is 7.11 Å². The normalized spacial score (nSPS) is 11.3. The first kappa shape index (κ1) is 30.7. The molecule has 3 aromatic rings. The van der Waals surface area contributed by atoms with Gasteiger partial charge in [-0.05, 0) is 104 Å². The predicted octanol–water partition coefficient (Wildman–Crippen LogP) is 8.43. The van der Waals surface area contributed by atoms with Gasteiger partial charge in [0.05, 0.1) is 19.3 Å². The number of para-hydroxylation sites is 1. The molecule has 0 saturated carbocycles. The van der Waals surface area contributed by atoms with Gasteiger partial charge in [-0.25, -0.2) is 0 Å². The van der Waals surface area contributed by atoms with Crippen LogP contribution < -0.4 is 10.5 Å². The molecule has 3 rings (SSSR count). The Morgan fingerprint density at radius 3 is 2.29 bits per heavy atom. The van der Waals surface area contributed by atoms with E-state index in [-0.39, 0.29) is 0 Å². The highest BCUT2D eigenvalue weighted by Gasteiger charge is 2.10. The van der Waals surface area contributed by atoms with Crippen molar-refractivity contribution in [2.45, 2.75) is 73.9 Å². The predicted molar refractivity (Wildman–Crippen MR) is 166 cm³/mol. The minimum atomic E-state index is 0.544. The summed E-state index contributed by atoms with van der Waals surface area (Å²) < 4.78 is 5.14. The quantitative estimate of drug-likeness (QED) is 0.278. The van der Waals surface area contributed by atoms with Gasteiger partial charge < -0.3 is 10.5 Å². The van der Waals surface area contributed by atoms with Gasteiger partial charge in [-0.1, -0.05) is 62.8 Å². The number of nitrogens with zero attached hydrogens (tertiary/aromatic N) is 2. The highest BCUT2D eigenvalue weighted by Crippen LogP contribution is 2.28. The van der Waals surface area contributed by atoms with E-state index in [0.29, 0.717) is 13.1 Å². The Morgan fingerprint density at radius 1 is 0.974 bits per heavy atom. The van der Waals surface area contributed by atoms with Crippen molar-refractivity contribution in [1.82, 2.24) is 0 Å². The maximum atomic E-state index is 5.86. The van der Waals surface area contributed by atoms with Crippen LogP contribution in [0.2, 0.25) is 0 Å². The lowest BCUT2D eigenvalue weighted by Gasteiger charge is -2.13. The third-order valence-electron chi connectivity index (χ3n) is 6.53. The molecule has 0 bridgehead atoms. The van der Waals surface area contributed by atoms with Crippen molar-refractivity contribution in [2.24, 2.45) is 15.7 Å². The van der Waals surface area contributed by atoms with Crippen LogP contribution in [0.5, 0.6) is 5.75 Å². The summed E-state index contributed by atoms with van der Waals surface area (Å²) in [4.78, 5) is 9.44. The summed E-state index contributed by atoms with van der Waals surface area (Å²) in [6, 6.07) is 18.9. The molecule has 38 heavy (non-hydrogen) atoms. The lowest BCUT2D eigenvalue weighted by molar-refractivity contribution is 0.410. The molecule has 0 aliphatic carbocycles. The van der Waals surface area contributed by atoms with Crippen LogP contribution in [0.3, 0.4) is 0 Å². The summed E-state index contributed by atoms with van der Waals surface area (Å²) in [5.41, 5.74) is 17.4. The van der Waals surface area contributed by atoms with Crippen LogP contribution in [0.4, 0.5) is 5.69 Å². The van der Waals surface area contributed by atoms with Gasteiger partial charge in [0.15, 0.2) is 0 Å². The molecule has 0 fully saturated rings. The summed E-state index contributed by atoms with van der Waals surface area (Å²) in [5, 5.41) is 0. The van der Waals surface area contributed by atoms with E-state index in [2.05, 4.69) is 75.7 Å². The van der Waals surface area contributed by atoms with E-state index in [1.165, 1.54) is 16.7 Å². The first-order valence-electron chi connectivity index (χ1n) is 13.5. The zero-order valence-electron chi connectivity index (χ0n) is 24.4. The van der Waals surface area contributed by atoms with Crippen LogP contribution in [0.1, 0.15) is 80.0 Å². The second-order valence-corrected chi connectivity index (χ2v) is 9.48. The molecule has 0 unspecified atom stereocenters. The number of nitrogens with two attached hydrogens (primary N) is 1. The zero-order chi connectivity index (χ0) is 28.1. The van der Waals surface area contributed by atoms with Crippen LogP contribution >= 0.6 is 0 Å². The maximum Gasteiger partial charge on any atom is 0.122 e. The molecular formula is C34H45N3O. The molecule has 0 aliphatic heterocycles. The van der Waals surface area contributed by atoms with E-state index in [1.807, 2.05) is 38.3 Å². The number of aliphatic imine (C=N–C) groups is 2. The molecular weight excluding hydrogens is 466 g/mol. The van der Waals surface area contributed by atoms with Crippen molar-refractivity contribution in [2.75, 3.05) is 7.11 Å². The summed E-state index contributed by atoms with van der Waals surface area (Å²) in [7, 11) is 1.70. The van der Waals surface area contributed by atoms with Crippen molar-refractivity contribution < 1.29 is 4.74 Å². The van der Waals surface area contributed by atoms with E-state index in [4.69, 9.17) is 15.5 Å². The largest absolute Gasteiger partial charge is 0.496 e. The Kier molecular flexibility index (Phi) is 12.7. The fraction of sp³-hybridized carbons (Fsp3) is 0.353. The maximum absolute atomic E-state index is 5.86. The Balaban J connectivity index is 0.000000423. The molecule has 3 aromatic carbocycles. The number of ether oxygens (including phenoxy) is 1. The first-order chi connectivity index (χ1) is 18.3. The van der Waals surface area contributed by atoms with Gasteiger partial charge in [-0.15, -0.1) is 0 Å². The molecule has 0 spiro atoms. The second-order valence-electron chi connectivity index (χ2n) is 9.48. The second kappa shape index (κ2) is 15.7. The molecule has 4 nitrogen and oxygen atoms in total. The summed E-state index contributed by atoms with van der Waals surface area (Å²) in [6.07, 6.45) is 5.02. The molecule has 202 valence electrons. The molecule has 0 amide bonds. The lowest BCUT2D eigenvalue weighted by atomic mass is 9.96. The highest BCUT2D eigenvalue weighted by molar-refractivity contribution is 6.00. The number of hydrogen-bond donors (Lipinski definition) is 1. The minimum absolute atomic E-state index is 0.544. The van der Waals surface area contributed by atoms with Crippen LogP contribution in [0, 0.1) is 6.92 Å². The third-order valence-corrected chi connectivity index (χ3v) is 6.53. The highest BCUT2D eigenvalue weighted by atomic mass is 16.5. The van der Waals surface area contributed by atoms with Crippen molar-refractivity contribution in [3.05, 3.63) is 100 Å². The fourth-order valence-electron chi connectivity index (χ4n) is 4.40. The Hall–Kier alpha value is -3.50. The molecule has 0 atom stereocenters. The van der Waals surface area contributed by atoms with Gasteiger partial charge in [0.1, 0.15) is 5.75 Å². The monoisotopic (exact) mass is 511 g/mol. The molecule has 0 aliphatic rings. The summed E-state index contributed by atoms with van der Waals surface area (Å²) >= 11 is 0. The van der Waals surface area contributed by atoms with Crippen LogP contribution in [-0.4, -0.2) is 19.0 Å². The van der Waals surface area contributed by atoms with E-state index in [9.17, 15) is 0 Å². The van der Waals surface area contributed by atoms with E-state index < -0.39 is 0 Å². The Labute approximate surface area is 230 Å². The number of allylic oxidation sites excluding steroid dienone is 1. The minimum Gasteiger partial charge on any atom is -0.496 e. The average molecular weight is 512 g/mol. The number of aryl methyl sites for hydroxylation is 3. The van der Waals surface area contributed by atoms with E-state index in [0.717, 1.165) is 64.2 Å². The SMILES string of the molecule is C=C(C)c1cc(C)c(N=CC)cc1CN=C(C)c1cc(CN)ccc1CCC.CCc1ccccc1OC. The molecule has 0 heterocycles. The van der Waals surface area contributed by atoms with E-state index >= 15 is 0 Å². The Morgan fingerprint density at radius 2 is 1.71 bits per heavy atom. The van der Waals surface area contributed by atoms with Gasteiger partial charge in [-0.2, -0.15) is 0 Å². The van der Waals surface area contributed by atoms with Gasteiger partial charge in [0.2, 0.25) is 0 Å². The van der Waals surface area contributed by atoms with Gasteiger partial charge in [0, 0.05) is 18.5 Å². The van der Waals surface area contributed by atoms with Crippen LogP contribution in [-0.2, 0) is 25.9 Å². The fourth-order valence-corrected chi connectivity index (χ4v) is 4.40. The lowest BCUT2D eigenvalue weighted by Crippen LogP contribution is -2.06. The number of benzene rings is 3. The van der Waals surface area contributed by atoms with Gasteiger partial charge >= 0.3 is 0 Å². The van der Waals surface area contributed by atoms with Crippen molar-refractivity contribution in [1.29, 1.82) is 0 Å². The Bertz CT molecular complexity index is 1250.